The quantitative estimate of drug-likeness (QED) is 0.704. The number of pyridine rings is 1. The Kier molecular flexibility index (Phi) is 4.36. The van der Waals surface area contributed by atoms with Gasteiger partial charge in [-0.2, -0.15) is 5.26 Å². The third-order valence-electron chi connectivity index (χ3n) is 4.71. The van der Waals surface area contributed by atoms with Crippen molar-refractivity contribution < 1.29 is 13.6 Å². The van der Waals surface area contributed by atoms with E-state index in [2.05, 4.69) is 4.98 Å². The van der Waals surface area contributed by atoms with E-state index < -0.39 is 22.8 Å². The lowest BCUT2D eigenvalue weighted by molar-refractivity contribution is -0.117. The highest BCUT2D eigenvalue weighted by Gasteiger charge is 2.29. The van der Waals surface area contributed by atoms with E-state index in [0.717, 1.165) is 17.0 Å². The number of hydrogen-bond donors (Lipinski definition) is 1. The van der Waals surface area contributed by atoms with Crippen molar-refractivity contribution in [2.75, 3.05) is 11.4 Å². The molecule has 1 saturated heterocycles. The highest BCUT2D eigenvalue weighted by molar-refractivity contribution is 6.33. The number of carbonyl (C=O) groups is 1. The van der Waals surface area contributed by atoms with Gasteiger partial charge in [0.25, 0.3) is 0 Å². The largest absolute Gasteiger partial charge is 0.354 e. The summed E-state index contributed by atoms with van der Waals surface area (Å²) < 4.78 is 29.7. The number of nitrogens with one attached hydrogen (secondary N) is 1. The van der Waals surface area contributed by atoms with Crippen molar-refractivity contribution in [3.05, 3.63) is 62.8 Å². The molecule has 8 heteroatoms. The number of carbonyl (C=O) groups excluding carboxylic acids is 1. The molecule has 0 unspecified atom stereocenters. The van der Waals surface area contributed by atoms with E-state index in [1.54, 1.807) is 0 Å². The maximum atomic E-state index is 15.0. The van der Waals surface area contributed by atoms with Gasteiger partial charge < -0.3 is 9.88 Å². The van der Waals surface area contributed by atoms with Crippen LogP contribution in [0.4, 0.5) is 14.5 Å². The summed E-state index contributed by atoms with van der Waals surface area (Å²) in [5.74, 6) is -2.40. The number of anilines is 1. The number of fused-ring (bicyclic) bond motifs is 1. The fourth-order valence-electron chi connectivity index (χ4n) is 3.41. The van der Waals surface area contributed by atoms with Crippen molar-refractivity contribution in [1.82, 2.24) is 4.98 Å². The molecule has 1 aliphatic heterocycles. The SMILES string of the molecule is N#Cc1ccc(Cl)c(-c2cc(=O)c3c(F)c(N4CCCC4=O)c(F)cc3[nH]2)c1. The summed E-state index contributed by atoms with van der Waals surface area (Å²) in [7, 11) is 0. The predicted molar refractivity (Wildman–Crippen MR) is 101 cm³/mol. The molecule has 5 nitrogen and oxygen atoms in total. The highest BCUT2D eigenvalue weighted by Crippen LogP contribution is 2.33. The van der Waals surface area contributed by atoms with Crippen LogP contribution in [0.2, 0.25) is 5.02 Å². The molecule has 3 aromatic rings. The monoisotopic (exact) mass is 399 g/mol. The predicted octanol–water partition coefficient (Wildman–Crippen LogP) is 4.13. The van der Waals surface area contributed by atoms with Gasteiger partial charge in [0, 0.05) is 35.7 Å². The second-order valence-electron chi connectivity index (χ2n) is 6.45. The Morgan fingerprint density at radius 3 is 2.64 bits per heavy atom. The number of nitriles is 1. The molecule has 0 aliphatic carbocycles. The summed E-state index contributed by atoms with van der Waals surface area (Å²) in [5, 5.41) is 8.99. The van der Waals surface area contributed by atoms with Gasteiger partial charge in [-0.1, -0.05) is 11.6 Å². The van der Waals surface area contributed by atoms with E-state index in [1.165, 1.54) is 18.2 Å². The van der Waals surface area contributed by atoms with Gasteiger partial charge in [0.05, 0.1) is 28.2 Å². The Morgan fingerprint density at radius 1 is 1.18 bits per heavy atom. The van der Waals surface area contributed by atoms with Gasteiger partial charge in [-0.25, -0.2) is 8.78 Å². The van der Waals surface area contributed by atoms with E-state index in [0.29, 0.717) is 17.5 Å². The minimum atomic E-state index is -1.07. The highest BCUT2D eigenvalue weighted by atomic mass is 35.5. The van der Waals surface area contributed by atoms with Crippen LogP contribution in [0.25, 0.3) is 22.2 Å². The number of rotatable bonds is 2. The summed E-state index contributed by atoms with van der Waals surface area (Å²) in [6.07, 6.45) is 0.707. The molecular weight excluding hydrogens is 388 g/mol. The molecule has 0 atom stereocenters. The molecule has 0 spiro atoms. The second-order valence-corrected chi connectivity index (χ2v) is 6.85. The smallest absolute Gasteiger partial charge is 0.227 e. The van der Waals surface area contributed by atoms with E-state index in [1.807, 2.05) is 6.07 Å². The lowest BCUT2D eigenvalue weighted by Crippen LogP contribution is -2.26. The number of amides is 1. The van der Waals surface area contributed by atoms with Crippen LogP contribution in [0.15, 0.2) is 35.1 Å². The molecule has 2 heterocycles. The summed E-state index contributed by atoms with van der Waals surface area (Å²) >= 11 is 6.16. The van der Waals surface area contributed by atoms with Crippen molar-refractivity contribution in [3.8, 4) is 17.3 Å². The summed E-state index contributed by atoms with van der Waals surface area (Å²) in [4.78, 5) is 28.4. The third kappa shape index (κ3) is 2.83. The van der Waals surface area contributed by atoms with Crippen molar-refractivity contribution >= 4 is 34.1 Å². The first-order chi connectivity index (χ1) is 13.4. The standard InChI is InChI=1S/C20H12ClF2N3O2/c21-12-4-3-10(9-24)6-11(12)14-8-16(27)18-15(25-14)7-13(22)20(19(18)23)26-5-1-2-17(26)28/h3-4,6-8H,1-2,5H2,(H,25,27). The van der Waals surface area contributed by atoms with Gasteiger partial charge in [-0.3, -0.25) is 9.59 Å². The van der Waals surface area contributed by atoms with Crippen molar-refractivity contribution in [3.63, 3.8) is 0 Å². The van der Waals surface area contributed by atoms with Crippen molar-refractivity contribution in [2.24, 2.45) is 0 Å². The number of H-pyrrole nitrogens is 1. The molecule has 4 rings (SSSR count). The normalized spacial score (nSPS) is 13.9. The minimum Gasteiger partial charge on any atom is -0.354 e. The fourth-order valence-corrected chi connectivity index (χ4v) is 3.63. The molecule has 28 heavy (non-hydrogen) atoms. The Labute approximate surface area is 162 Å². The number of nitrogens with zero attached hydrogens (tertiary/aromatic N) is 2. The van der Waals surface area contributed by atoms with Crippen molar-refractivity contribution in [2.45, 2.75) is 12.8 Å². The maximum absolute atomic E-state index is 15.0. The topological polar surface area (TPSA) is 77.0 Å². The van der Waals surface area contributed by atoms with E-state index in [9.17, 15) is 14.0 Å². The molecule has 2 aromatic carbocycles. The summed E-state index contributed by atoms with van der Waals surface area (Å²) in [5.41, 5.74) is -0.347. The zero-order valence-electron chi connectivity index (χ0n) is 14.4. The minimum absolute atomic E-state index is 0.0636. The van der Waals surface area contributed by atoms with E-state index >= 15 is 4.39 Å². The van der Waals surface area contributed by atoms with Crippen LogP contribution < -0.4 is 10.3 Å². The van der Waals surface area contributed by atoms with Gasteiger partial charge in [-0.15, -0.1) is 0 Å². The number of benzene rings is 2. The lowest BCUT2D eigenvalue weighted by Gasteiger charge is -2.18. The molecule has 0 saturated carbocycles. The summed E-state index contributed by atoms with van der Waals surface area (Å²) in [6, 6.07) is 8.60. The fraction of sp³-hybridized carbons (Fsp3) is 0.150. The number of aromatic amines is 1. The van der Waals surface area contributed by atoms with Crippen LogP contribution in [-0.4, -0.2) is 17.4 Å². The van der Waals surface area contributed by atoms with E-state index in [4.69, 9.17) is 16.9 Å². The van der Waals surface area contributed by atoms with Crippen LogP contribution >= 0.6 is 11.6 Å². The first-order valence-corrected chi connectivity index (χ1v) is 8.84. The second kappa shape index (κ2) is 6.73. The van der Waals surface area contributed by atoms with E-state index in [-0.39, 0.29) is 40.5 Å². The Balaban J connectivity index is 1.95. The molecule has 1 aromatic heterocycles. The maximum Gasteiger partial charge on any atom is 0.227 e. The van der Waals surface area contributed by atoms with Gasteiger partial charge >= 0.3 is 0 Å². The van der Waals surface area contributed by atoms with Crippen molar-refractivity contribution in [1.29, 1.82) is 5.26 Å². The number of halogens is 3. The number of hydrogen-bond acceptors (Lipinski definition) is 3. The Hall–Kier alpha value is -3.24. The molecule has 1 fully saturated rings. The molecular formula is C20H12ClF2N3O2. The molecule has 1 amide bonds. The third-order valence-corrected chi connectivity index (χ3v) is 5.04. The Morgan fingerprint density at radius 2 is 1.96 bits per heavy atom. The van der Waals surface area contributed by atoms with Crippen LogP contribution in [-0.2, 0) is 4.79 Å². The Bertz CT molecular complexity index is 1250. The first kappa shape index (κ1) is 18.1. The molecule has 0 bridgehead atoms. The molecule has 0 radical (unpaired) electrons. The molecule has 140 valence electrons. The van der Waals surface area contributed by atoms with Crippen LogP contribution in [0, 0.1) is 23.0 Å². The molecule has 1 aliphatic rings. The van der Waals surface area contributed by atoms with Gasteiger partial charge in [0.15, 0.2) is 17.1 Å². The zero-order valence-corrected chi connectivity index (χ0v) is 15.1. The van der Waals surface area contributed by atoms with Gasteiger partial charge in [-0.05, 0) is 24.6 Å². The number of aromatic nitrogens is 1. The van der Waals surface area contributed by atoms with Gasteiger partial charge in [0.1, 0.15) is 5.69 Å². The first-order valence-electron chi connectivity index (χ1n) is 8.46. The van der Waals surface area contributed by atoms with Gasteiger partial charge in [0.2, 0.25) is 5.91 Å². The summed E-state index contributed by atoms with van der Waals surface area (Å²) in [6.45, 7) is 0.199. The van der Waals surface area contributed by atoms with Crippen LogP contribution in [0.3, 0.4) is 0 Å². The van der Waals surface area contributed by atoms with Crippen LogP contribution in [0.1, 0.15) is 18.4 Å². The lowest BCUT2D eigenvalue weighted by atomic mass is 10.1. The van der Waals surface area contributed by atoms with Crippen LogP contribution in [0.5, 0.6) is 0 Å². The average Bonchev–Trinajstić information content (AvgIpc) is 3.07. The average molecular weight is 400 g/mol. The zero-order chi connectivity index (χ0) is 20.0. The molecule has 1 N–H and O–H groups in total.